The first kappa shape index (κ1) is 15.0. The maximum atomic E-state index is 12.5. The molecule has 1 aliphatic heterocycles. The minimum atomic E-state index is -4.39. The number of sulfonamides is 1. The predicted molar refractivity (Wildman–Crippen MR) is 65.5 cm³/mol. The highest BCUT2D eigenvalue weighted by Crippen LogP contribution is 2.31. The number of alkyl halides is 3. The highest BCUT2D eigenvalue weighted by molar-refractivity contribution is 7.89. The third kappa shape index (κ3) is 2.59. The van der Waals surface area contributed by atoms with Gasteiger partial charge in [-0.05, 0) is 13.3 Å². The summed E-state index contributed by atoms with van der Waals surface area (Å²) in [6, 6.07) is 0. The molecule has 1 aliphatic rings. The molecular weight excluding hydrogens is 295 g/mol. The van der Waals surface area contributed by atoms with Crippen LogP contribution >= 0.6 is 0 Å². The van der Waals surface area contributed by atoms with Crippen LogP contribution in [-0.2, 0) is 17.1 Å². The monoisotopic (exact) mass is 309 g/mol. The minimum Gasteiger partial charge on any atom is -0.256 e. The Bertz CT molecular complexity index is 627. The molecule has 2 rings (SSSR count). The summed E-state index contributed by atoms with van der Waals surface area (Å²) in [6.07, 6.45) is -2.39. The Morgan fingerprint density at radius 1 is 1.35 bits per heavy atom. The molecule has 0 unspecified atom stereocenters. The summed E-state index contributed by atoms with van der Waals surface area (Å²) in [6.45, 7) is 1.14. The number of halogens is 3. The molecule has 0 bridgehead atoms. The first-order valence-corrected chi connectivity index (χ1v) is 7.33. The molecule has 1 aromatic rings. The summed E-state index contributed by atoms with van der Waals surface area (Å²) in [5, 5.41) is 3.86. The van der Waals surface area contributed by atoms with Gasteiger partial charge < -0.3 is 0 Å². The van der Waals surface area contributed by atoms with Crippen LogP contribution in [0.2, 0.25) is 0 Å². The van der Waals surface area contributed by atoms with Gasteiger partial charge in [0.25, 0.3) is 10.0 Å². The molecule has 0 atom stereocenters. The highest BCUT2D eigenvalue weighted by atomic mass is 32.2. The van der Waals surface area contributed by atoms with E-state index in [-0.39, 0.29) is 24.5 Å². The second kappa shape index (κ2) is 4.88. The average Bonchev–Trinajstić information content (AvgIpc) is 2.68. The number of rotatable bonds is 2. The van der Waals surface area contributed by atoms with Crippen molar-refractivity contribution in [2.24, 2.45) is 7.05 Å². The summed E-state index contributed by atoms with van der Waals surface area (Å²) < 4.78 is 64.6. The van der Waals surface area contributed by atoms with Crippen LogP contribution in [0.25, 0.3) is 0 Å². The molecule has 0 aliphatic carbocycles. The Kier molecular flexibility index (Phi) is 3.67. The average molecular weight is 309 g/mol. The lowest BCUT2D eigenvalue weighted by Gasteiger charge is -2.26. The van der Waals surface area contributed by atoms with Crippen LogP contribution in [0.1, 0.15) is 12.0 Å². The fourth-order valence-electron chi connectivity index (χ4n) is 2.16. The maximum absolute atomic E-state index is 12.5. The SMILES string of the molecule is Cc1cnn(C)c1S(=O)(=O)N1CC=C(C(F)(F)F)CC1. The molecule has 0 amide bonds. The van der Waals surface area contributed by atoms with E-state index in [1.165, 1.54) is 17.9 Å². The van der Waals surface area contributed by atoms with Crippen LogP contribution in [0.4, 0.5) is 13.2 Å². The quantitative estimate of drug-likeness (QED) is 0.780. The highest BCUT2D eigenvalue weighted by Gasteiger charge is 2.38. The molecule has 1 aromatic heterocycles. The van der Waals surface area contributed by atoms with E-state index in [0.29, 0.717) is 5.56 Å². The molecule has 9 heteroatoms. The van der Waals surface area contributed by atoms with Gasteiger partial charge in [0, 0.05) is 31.3 Å². The van der Waals surface area contributed by atoms with E-state index in [1.54, 1.807) is 6.92 Å². The summed E-state index contributed by atoms with van der Waals surface area (Å²) in [7, 11) is -2.34. The third-order valence-electron chi connectivity index (χ3n) is 3.18. The standard InChI is InChI=1S/C11H14F3N3O2S/c1-8-7-15-16(2)10(8)20(18,19)17-5-3-9(4-6-17)11(12,13)14/h3,7H,4-6H2,1-2H3. The Balaban J connectivity index is 2.29. The molecule has 5 nitrogen and oxygen atoms in total. The van der Waals surface area contributed by atoms with Gasteiger partial charge in [-0.3, -0.25) is 4.68 Å². The lowest BCUT2D eigenvalue weighted by Crippen LogP contribution is -2.37. The molecule has 112 valence electrons. The van der Waals surface area contributed by atoms with Gasteiger partial charge >= 0.3 is 6.18 Å². The van der Waals surface area contributed by atoms with Gasteiger partial charge in [0.2, 0.25) is 0 Å². The van der Waals surface area contributed by atoms with E-state index in [9.17, 15) is 21.6 Å². The lowest BCUT2D eigenvalue weighted by atomic mass is 10.1. The maximum Gasteiger partial charge on any atom is 0.412 e. The van der Waals surface area contributed by atoms with Gasteiger partial charge in [0.05, 0.1) is 6.20 Å². The van der Waals surface area contributed by atoms with Gasteiger partial charge in [0.15, 0.2) is 5.03 Å². The first-order valence-electron chi connectivity index (χ1n) is 5.89. The molecule has 0 fully saturated rings. The zero-order chi connectivity index (χ0) is 15.1. The Hall–Kier alpha value is -1.35. The molecule has 0 radical (unpaired) electrons. The van der Waals surface area contributed by atoms with Crippen molar-refractivity contribution in [2.45, 2.75) is 24.5 Å². The number of hydrogen-bond acceptors (Lipinski definition) is 3. The molecule has 20 heavy (non-hydrogen) atoms. The zero-order valence-corrected chi connectivity index (χ0v) is 11.8. The van der Waals surface area contributed by atoms with Crippen LogP contribution < -0.4 is 0 Å². The van der Waals surface area contributed by atoms with E-state index in [2.05, 4.69) is 5.10 Å². The topological polar surface area (TPSA) is 55.2 Å². The van der Waals surface area contributed by atoms with E-state index in [0.717, 1.165) is 10.4 Å². The summed E-state index contributed by atoms with van der Waals surface area (Å²) in [4.78, 5) is 0. The van der Waals surface area contributed by atoms with Crippen LogP contribution in [0, 0.1) is 6.92 Å². The van der Waals surface area contributed by atoms with Crippen molar-refractivity contribution in [3.63, 3.8) is 0 Å². The van der Waals surface area contributed by atoms with Crippen molar-refractivity contribution in [3.05, 3.63) is 23.4 Å². The predicted octanol–water partition coefficient (Wildman–Crippen LogP) is 1.61. The number of aromatic nitrogens is 2. The second-order valence-electron chi connectivity index (χ2n) is 4.60. The van der Waals surface area contributed by atoms with Crippen molar-refractivity contribution < 1.29 is 21.6 Å². The summed E-state index contributed by atoms with van der Waals surface area (Å²) in [5.41, 5.74) is -0.205. The summed E-state index contributed by atoms with van der Waals surface area (Å²) in [5.74, 6) is 0. The Morgan fingerprint density at radius 2 is 2.00 bits per heavy atom. The van der Waals surface area contributed by atoms with Crippen molar-refractivity contribution in [1.82, 2.24) is 14.1 Å². The van der Waals surface area contributed by atoms with Gasteiger partial charge in [-0.1, -0.05) is 6.08 Å². The Labute approximate surface area is 114 Å². The van der Waals surface area contributed by atoms with Crippen molar-refractivity contribution in [3.8, 4) is 0 Å². The molecule has 0 saturated heterocycles. The molecular formula is C11H14F3N3O2S. The fourth-order valence-corrected chi connectivity index (χ4v) is 3.84. The zero-order valence-electron chi connectivity index (χ0n) is 11.0. The van der Waals surface area contributed by atoms with Gasteiger partial charge in [-0.25, -0.2) is 8.42 Å². The van der Waals surface area contributed by atoms with Crippen LogP contribution in [0.5, 0.6) is 0 Å². The van der Waals surface area contributed by atoms with Crippen molar-refractivity contribution >= 4 is 10.0 Å². The van der Waals surface area contributed by atoms with E-state index in [1.807, 2.05) is 0 Å². The fraction of sp³-hybridized carbons (Fsp3) is 0.545. The van der Waals surface area contributed by atoms with Gasteiger partial charge in [-0.15, -0.1) is 0 Å². The molecule has 0 saturated carbocycles. The molecule has 0 spiro atoms. The van der Waals surface area contributed by atoms with Crippen LogP contribution in [0.3, 0.4) is 0 Å². The molecule has 0 aromatic carbocycles. The van der Waals surface area contributed by atoms with Crippen molar-refractivity contribution in [2.75, 3.05) is 13.1 Å². The number of hydrogen-bond donors (Lipinski definition) is 0. The Morgan fingerprint density at radius 3 is 2.40 bits per heavy atom. The second-order valence-corrected chi connectivity index (χ2v) is 6.45. The van der Waals surface area contributed by atoms with E-state index < -0.39 is 21.8 Å². The smallest absolute Gasteiger partial charge is 0.256 e. The van der Waals surface area contributed by atoms with E-state index >= 15 is 0 Å². The van der Waals surface area contributed by atoms with Crippen molar-refractivity contribution in [1.29, 1.82) is 0 Å². The normalized spacial score (nSPS) is 18.1. The first-order chi connectivity index (χ1) is 9.14. The number of nitrogens with zero attached hydrogens (tertiary/aromatic N) is 3. The van der Waals surface area contributed by atoms with E-state index in [4.69, 9.17) is 0 Å². The largest absolute Gasteiger partial charge is 0.412 e. The van der Waals surface area contributed by atoms with Gasteiger partial charge in [-0.2, -0.15) is 22.6 Å². The van der Waals surface area contributed by atoms with Crippen LogP contribution in [0.15, 0.2) is 22.9 Å². The molecule has 2 heterocycles. The number of aryl methyl sites for hydroxylation is 2. The van der Waals surface area contributed by atoms with Crippen LogP contribution in [-0.4, -0.2) is 41.8 Å². The lowest BCUT2D eigenvalue weighted by molar-refractivity contribution is -0.0953. The summed E-state index contributed by atoms with van der Waals surface area (Å²) >= 11 is 0. The molecule has 0 N–H and O–H groups in total. The third-order valence-corrected chi connectivity index (χ3v) is 5.26. The minimum absolute atomic E-state index is 0.0151. The van der Waals surface area contributed by atoms with Gasteiger partial charge in [0.1, 0.15) is 0 Å².